The maximum atomic E-state index is 13.2. The lowest BCUT2D eigenvalue weighted by atomic mass is 9.88. The predicted octanol–water partition coefficient (Wildman–Crippen LogP) is 6.24. The third kappa shape index (κ3) is 4.06. The van der Waals surface area contributed by atoms with Crippen LogP contribution in [0.2, 0.25) is 5.02 Å². The number of benzene rings is 2. The molecular weight excluding hydrogens is 410 g/mol. The minimum atomic E-state index is -0.149. The van der Waals surface area contributed by atoms with Crippen LogP contribution in [0.5, 0.6) is 0 Å². The van der Waals surface area contributed by atoms with Crippen LogP contribution < -0.4 is 5.56 Å². The molecular formula is C25H22ClN3O2. The monoisotopic (exact) mass is 431 g/mol. The second kappa shape index (κ2) is 8.52. The van der Waals surface area contributed by atoms with E-state index in [1.165, 1.54) is 11.1 Å². The Bertz CT molecular complexity index is 1320. The van der Waals surface area contributed by atoms with Crippen LogP contribution in [0.15, 0.2) is 75.0 Å². The number of para-hydroxylation sites is 1. The van der Waals surface area contributed by atoms with Crippen LogP contribution in [0.4, 0.5) is 0 Å². The van der Waals surface area contributed by atoms with E-state index in [1.807, 2.05) is 54.6 Å². The summed E-state index contributed by atoms with van der Waals surface area (Å²) in [7, 11) is 0. The quantitative estimate of drug-likeness (QED) is 0.359. The molecule has 5 rings (SSSR count). The Kier molecular flexibility index (Phi) is 5.43. The van der Waals surface area contributed by atoms with Crippen LogP contribution in [0, 0.1) is 0 Å². The normalized spacial score (nSPS) is 15.1. The molecule has 1 fully saturated rings. The molecule has 2 heterocycles. The molecule has 5 nitrogen and oxygen atoms in total. The number of hydrogen-bond acceptors (Lipinski definition) is 4. The predicted molar refractivity (Wildman–Crippen MR) is 124 cm³/mol. The lowest BCUT2D eigenvalue weighted by Crippen LogP contribution is -2.25. The van der Waals surface area contributed by atoms with Gasteiger partial charge in [0.2, 0.25) is 0 Å². The Morgan fingerprint density at radius 1 is 1.03 bits per heavy atom. The van der Waals surface area contributed by atoms with E-state index in [-0.39, 0.29) is 11.5 Å². The highest BCUT2D eigenvalue weighted by atomic mass is 35.5. The average molecular weight is 432 g/mol. The summed E-state index contributed by atoms with van der Waals surface area (Å²) in [5, 5.41) is 5.74. The van der Waals surface area contributed by atoms with Crippen LogP contribution in [-0.2, 0) is 0 Å². The van der Waals surface area contributed by atoms with Gasteiger partial charge in [0.05, 0.1) is 17.1 Å². The van der Waals surface area contributed by atoms with E-state index in [0.717, 1.165) is 42.6 Å². The molecule has 4 aromatic rings. The van der Waals surface area contributed by atoms with Crippen molar-refractivity contribution >= 4 is 28.7 Å². The highest BCUT2D eigenvalue weighted by Crippen LogP contribution is 2.32. The summed E-state index contributed by atoms with van der Waals surface area (Å²) in [6.45, 7) is 0. The zero-order valence-corrected chi connectivity index (χ0v) is 17.8. The third-order valence-electron chi connectivity index (χ3n) is 5.79. The second-order valence-electron chi connectivity index (χ2n) is 7.90. The van der Waals surface area contributed by atoms with Crippen molar-refractivity contribution in [3.8, 4) is 11.3 Å². The highest BCUT2D eigenvalue weighted by molar-refractivity contribution is 6.30. The molecule has 0 aliphatic heterocycles. The van der Waals surface area contributed by atoms with Crippen molar-refractivity contribution in [1.29, 1.82) is 0 Å². The van der Waals surface area contributed by atoms with Crippen molar-refractivity contribution in [2.75, 3.05) is 0 Å². The van der Waals surface area contributed by atoms with Crippen LogP contribution in [0.3, 0.4) is 0 Å². The molecule has 0 spiro atoms. The fraction of sp³-hybridized carbons (Fsp3) is 0.240. The molecule has 0 unspecified atom stereocenters. The van der Waals surface area contributed by atoms with E-state index < -0.39 is 0 Å². The van der Waals surface area contributed by atoms with Crippen molar-refractivity contribution < 1.29 is 4.42 Å². The van der Waals surface area contributed by atoms with Gasteiger partial charge in [0.25, 0.3) is 5.56 Å². The molecule has 0 radical (unpaired) electrons. The van der Waals surface area contributed by atoms with E-state index in [4.69, 9.17) is 21.0 Å². The molecule has 1 aliphatic rings. The molecule has 0 saturated heterocycles. The molecule has 0 amide bonds. The van der Waals surface area contributed by atoms with E-state index in [9.17, 15) is 4.79 Å². The first-order chi connectivity index (χ1) is 15.2. The Labute approximate surface area is 185 Å². The van der Waals surface area contributed by atoms with Crippen molar-refractivity contribution in [2.24, 2.45) is 5.10 Å². The molecule has 0 N–H and O–H groups in total. The zero-order chi connectivity index (χ0) is 21.2. The molecule has 156 valence electrons. The van der Waals surface area contributed by atoms with Crippen molar-refractivity contribution in [1.82, 2.24) is 9.66 Å². The number of fused-ring (bicyclic) bond motifs is 1. The number of halogens is 1. The van der Waals surface area contributed by atoms with E-state index in [2.05, 4.69) is 5.10 Å². The van der Waals surface area contributed by atoms with Gasteiger partial charge in [-0.25, -0.2) is 4.98 Å². The van der Waals surface area contributed by atoms with Gasteiger partial charge in [0.15, 0.2) is 0 Å². The Hall–Kier alpha value is -3.18. The first kappa shape index (κ1) is 19.8. The minimum Gasteiger partial charge on any atom is -0.455 e. The van der Waals surface area contributed by atoms with Crippen molar-refractivity contribution in [3.63, 3.8) is 0 Å². The first-order valence-corrected chi connectivity index (χ1v) is 11.0. The number of rotatable bonds is 4. The fourth-order valence-electron chi connectivity index (χ4n) is 4.21. The first-order valence-electron chi connectivity index (χ1n) is 10.6. The minimum absolute atomic E-state index is 0.149. The van der Waals surface area contributed by atoms with Crippen LogP contribution in [0.25, 0.3) is 22.2 Å². The zero-order valence-electron chi connectivity index (χ0n) is 17.0. The number of nitrogens with zero attached hydrogens (tertiary/aromatic N) is 3. The van der Waals surface area contributed by atoms with Gasteiger partial charge >= 0.3 is 0 Å². The van der Waals surface area contributed by atoms with Gasteiger partial charge in [-0.2, -0.15) is 9.78 Å². The lowest BCUT2D eigenvalue weighted by molar-refractivity contribution is 0.416. The van der Waals surface area contributed by atoms with Crippen LogP contribution in [0.1, 0.15) is 49.6 Å². The maximum absolute atomic E-state index is 13.2. The smallest absolute Gasteiger partial charge is 0.282 e. The van der Waals surface area contributed by atoms with Gasteiger partial charge < -0.3 is 4.42 Å². The fourth-order valence-corrected chi connectivity index (χ4v) is 4.40. The average Bonchev–Trinajstić information content (AvgIpc) is 3.28. The molecule has 2 aromatic carbocycles. The van der Waals surface area contributed by atoms with Gasteiger partial charge in [-0.15, -0.1) is 0 Å². The van der Waals surface area contributed by atoms with E-state index in [0.29, 0.717) is 21.9 Å². The van der Waals surface area contributed by atoms with E-state index >= 15 is 0 Å². The molecule has 31 heavy (non-hydrogen) atoms. The Morgan fingerprint density at radius 2 is 1.87 bits per heavy atom. The topological polar surface area (TPSA) is 60.4 Å². The Morgan fingerprint density at radius 3 is 2.71 bits per heavy atom. The molecule has 1 saturated carbocycles. The molecule has 0 atom stereocenters. The summed E-state index contributed by atoms with van der Waals surface area (Å²) in [5.74, 6) is 2.23. The van der Waals surface area contributed by atoms with Crippen molar-refractivity contribution in [2.45, 2.75) is 38.0 Å². The van der Waals surface area contributed by atoms with Crippen molar-refractivity contribution in [3.05, 3.63) is 87.6 Å². The lowest BCUT2D eigenvalue weighted by Gasteiger charge is -2.22. The standard InChI is InChI=1S/C25H22ClN3O2/c26-19-10-6-9-18(15-19)23-14-13-20(31-23)16-27-29-24(17-7-2-1-3-8-17)28-22-12-5-4-11-21(22)25(29)30/h4-6,9-17H,1-3,7-8H2. The SMILES string of the molecule is O=c1c2ccccc2nc(C2CCCCC2)n1N=Cc1ccc(-c2cccc(Cl)c2)o1. The molecule has 2 aromatic heterocycles. The van der Waals surface area contributed by atoms with Gasteiger partial charge in [-0.1, -0.05) is 55.1 Å². The van der Waals surface area contributed by atoms with Crippen LogP contribution in [-0.4, -0.2) is 15.9 Å². The number of hydrogen-bond donors (Lipinski definition) is 0. The molecule has 1 aliphatic carbocycles. The summed E-state index contributed by atoms with van der Waals surface area (Å²) in [6, 6.07) is 18.6. The van der Waals surface area contributed by atoms with Gasteiger partial charge in [0.1, 0.15) is 17.3 Å². The Balaban J connectivity index is 1.54. The highest BCUT2D eigenvalue weighted by Gasteiger charge is 2.22. The number of aromatic nitrogens is 2. The van der Waals surface area contributed by atoms with Gasteiger partial charge in [0, 0.05) is 16.5 Å². The largest absolute Gasteiger partial charge is 0.455 e. The second-order valence-corrected chi connectivity index (χ2v) is 8.33. The van der Waals surface area contributed by atoms with Gasteiger partial charge in [-0.05, 0) is 49.2 Å². The summed E-state index contributed by atoms with van der Waals surface area (Å²) >= 11 is 6.09. The van der Waals surface area contributed by atoms with Gasteiger partial charge in [-0.3, -0.25) is 4.79 Å². The maximum Gasteiger partial charge on any atom is 0.282 e. The molecule has 0 bridgehead atoms. The summed E-state index contributed by atoms with van der Waals surface area (Å²) in [4.78, 5) is 18.1. The summed E-state index contributed by atoms with van der Waals surface area (Å²) in [5.41, 5.74) is 1.46. The molecule has 6 heteroatoms. The third-order valence-corrected chi connectivity index (χ3v) is 6.02. The number of furan rings is 1. The summed E-state index contributed by atoms with van der Waals surface area (Å²) in [6.07, 6.45) is 7.17. The van der Waals surface area contributed by atoms with Crippen LogP contribution >= 0.6 is 11.6 Å². The van der Waals surface area contributed by atoms with E-state index in [1.54, 1.807) is 12.3 Å². The summed E-state index contributed by atoms with van der Waals surface area (Å²) < 4.78 is 7.37.